The van der Waals surface area contributed by atoms with E-state index in [0.717, 1.165) is 25.4 Å². The molecule has 1 N–H and O–H groups in total. The van der Waals surface area contributed by atoms with Gasteiger partial charge in [0.25, 0.3) is 0 Å². The molecule has 2 rings (SSSR count). The van der Waals surface area contributed by atoms with E-state index in [-0.39, 0.29) is 0 Å². The maximum absolute atomic E-state index is 8.65. The second-order valence-electron chi connectivity index (χ2n) is 2.96. The Morgan fingerprint density at radius 3 is 2.86 bits per heavy atom. The van der Waals surface area contributed by atoms with Crippen LogP contribution in [0.1, 0.15) is 5.56 Å². The topological polar surface area (TPSA) is 39.6 Å². The number of nitrogens with one attached hydrogen (secondary N) is 1. The fraction of sp³-hybridized carbons (Fsp3) is 0.100. The highest BCUT2D eigenvalue weighted by Crippen LogP contribution is 2.30. The third-order valence-electron chi connectivity index (χ3n) is 2.05. The Morgan fingerprint density at radius 1 is 1.36 bits per heavy atom. The summed E-state index contributed by atoms with van der Waals surface area (Å²) in [7, 11) is 0. The molecule has 0 atom stereocenters. The normalized spacial score (nSPS) is 10.4. The Bertz CT molecular complexity index is 523. The molecule has 0 unspecified atom stereocenters. The van der Waals surface area contributed by atoms with Gasteiger partial charge < -0.3 is 4.98 Å². The Balaban J connectivity index is 2.74. The van der Waals surface area contributed by atoms with Crippen molar-refractivity contribution in [3.63, 3.8) is 0 Å². The maximum Gasteiger partial charge on any atom is 0.0670 e. The van der Waals surface area contributed by atoms with E-state index in [2.05, 4.69) is 42.9 Å². The molecule has 2 nitrogen and oxygen atoms in total. The monoisotopic (exact) mass is 312 g/mol. The predicted molar refractivity (Wildman–Crippen MR) is 63.0 cm³/mol. The predicted octanol–water partition coefficient (Wildman–Crippen LogP) is 3.76. The average molecular weight is 314 g/mol. The fourth-order valence-corrected chi connectivity index (χ4v) is 2.96. The van der Waals surface area contributed by atoms with Crippen LogP contribution in [0.2, 0.25) is 0 Å². The molecule has 0 bridgehead atoms. The molecule has 4 heteroatoms. The molecule has 0 aliphatic rings. The van der Waals surface area contributed by atoms with Crippen molar-refractivity contribution in [2.45, 2.75) is 6.42 Å². The van der Waals surface area contributed by atoms with E-state index in [1.165, 1.54) is 0 Å². The summed E-state index contributed by atoms with van der Waals surface area (Å²) in [5, 5.41) is 9.75. The van der Waals surface area contributed by atoms with Crippen LogP contribution in [-0.2, 0) is 6.42 Å². The van der Waals surface area contributed by atoms with Crippen LogP contribution >= 0.6 is 31.9 Å². The van der Waals surface area contributed by atoms with Crippen molar-refractivity contribution in [1.29, 1.82) is 5.26 Å². The number of halogens is 2. The van der Waals surface area contributed by atoms with Crippen molar-refractivity contribution >= 4 is 42.8 Å². The highest BCUT2D eigenvalue weighted by atomic mass is 79.9. The van der Waals surface area contributed by atoms with Gasteiger partial charge in [-0.3, -0.25) is 0 Å². The SMILES string of the molecule is N#CCc1c[nH]c2cc(Br)cc(Br)c12. The largest absolute Gasteiger partial charge is 0.361 e. The molecule has 1 heterocycles. The quantitative estimate of drug-likeness (QED) is 0.855. The molecule has 2 aromatic rings. The minimum absolute atomic E-state index is 0.431. The van der Waals surface area contributed by atoms with Crippen molar-refractivity contribution in [2.75, 3.05) is 0 Å². The molecule has 14 heavy (non-hydrogen) atoms. The smallest absolute Gasteiger partial charge is 0.0670 e. The summed E-state index contributed by atoms with van der Waals surface area (Å²) in [5.41, 5.74) is 2.07. The van der Waals surface area contributed by atoms with Gasteiger partial charge in [0.1, 0.15) is 0 Å². The molecule has 0 aliphatic heterocycles. The zero-order chi connectivity index (χ0) is 10.1. The number of benzene rings is 1. The van der Waals surface area contributed by atoms with Crippen LogP contribution < -0.4 is 0 Å². The van der Waals surface area contributed by atoms with Crippen LogP contribution in [-0.4, -0.2) is 4.98 Å². The first-order valence-electron chi connectivity index (χ1n) is 4.04. The third-order valence-corrected chi connectivity index (χ3v) is 3.13. The van der Waals surface area contributed by atoms with E-state index < -0.39 is 0 Å². The van der Waals surface area contributed by atoms with Gasteiger partial charge in [0.2, 0.25) is 0 Å². The van der Waals surface area contributed by atoms with Gasteiger partial charge in [-0.05, 0) is 17.7 Å². The summed E-state index contributed by atoms with van der Waals surface area (Å²) < 4.78 is 2.02. The van der Waals surface area contributed by atoms with Crippen LogP contribution in [0.5, 0.6) is 0 Å². The number of rotatable bonds is 1. The highest BCUT2D eigenvalue weighted by molar-refractivity contribution is 9.11. The standard InChI is InChI=1S/C10H6Br2N2/c11-7-3-8(12)10-6(1-2-13)5-14-9(10)4-7/h3-5,14H,1H2. The first-order valence-corrected chi connectivity index (χ1v) is 5.63. The molecule has 0 radical (unpaired) electrons. The van der Waals surface area contributed by atoms with Gasteiger partial charge >= 0.3 is 0 Å². The number of hydrogen-bond donors (Lipinski definition) is 1. The second-order valence-corrected chi connectivity index (χ2v) is 4.73. The number of aromatic nitrogens is 1. The fourth-order valence-electron chi connectivity index (χ4n) is 1.48. The number of H-pyrrole nitrogens is 1. The first kappa shape index (κ1) is 9.75. The number of nitriles is 1. The van der Waals surface area contributed by atoms with Crippen molar-refractivity contribution in [3.05, 3.63) is 32.8 Å². The molecule has 0 saturated carbocycles. The summed E-state index contributed by atoms with van der Waals surface area (Å²) in [4.78, 5) is 3.14. The number of fused-ring (bicyclic) bond motifs is 1. The highest BCUT2D eigenvalue weighted by Gasteiger charge is 2.07. The zero-order valence-electron chi connectivity index (χ0n) is 7.14. The molecule has 0 aliphatic carbocycles. The van der Waals surface area contributed by atoms with Crippen LogP contribution in [0, 0.1) is 11.3 Å². The van der Waals surface area contributed by atoms with E-state index in [0.29, 0.717) is 6.42 Å². The molecule has 1 aromatic carbocycles. The lowest BCUT2D eigenvalue weighted by Gasteiger charge is -1.98. The average Bonchev–Trinajstić information content (AvgIpc) is 2.49. The van der Waals surface area contributed by atoms with Crippen molar-refractivity contribution in [1.82, 2.24) is 4.98 Å². The van der Waals surface area contributed by atoms with Gasteiger partial charge in [0, 0.05) is 26.0 Å². The van der Waals surface area contributed by atoms with Gasteiger partial charge in [-0.2, -0.15) is 5.26 Å². The minimum atomic E-state index is 0.431. The molecule has 0 amide bonds. The van der Waals surface area contributed by atoms with E-state index in [9.17, 15) is 0 Å². The van der Waals surface area contributed by atoms with E-state index in [1.54, 1.807) is 0 Å². The number of hydrogen-bond acceptors (Lipinski definition) is 1. The Kier molecular flexibility index (Phi) is 2.62. The van der Waals surface area contributed by atoms with Gasteiger partial charge in [-0.1, -0.05) is 31.9 Å². The summed E-state index contributed by atoms with van der Waals surface area (Å²) >= 11 is 6.90. The molecule has 70 valence electrons. The van der Waals surface area contributed by atoms with Crippen molar-refractivity contribution < 1.29 is 0 Å². The Labute approximate surface area is 98.2 Å². The number of nitrogens with zero attached hydrogens (tertiary/aromatic N) is 1. The lowest BCUT2D eigenvalue weighted by Crippen LogP contribution is -1.79. The molecule has 0 saturated heterocycles. The molecule has 1 aromatic heterocycles. The second kappa shape index (κ2) is 3.76. The molecular formula is C10H6Br2N2. The Morgan fingerprint density at radius 2 is 2.14 bits per heavy atom. The van der Waals surface area contributed by atoms with Gasteiger partial charge in [0.15, 0.2) is 0 Å². The van der Waals surface area contributed by atoms with Crippen LogP contribution in [0.15, 0.2) is 27.3 Å². The van der Waals surface area contributed by atoms with E-state index >= 15 is 0 Å². The molecule has 0 spiro atoms. The Hall–Kier alpha value is -0.790. The lowest BCUT2D eigenvalue weighted by molar-refractivity contribution is 1.27. The molecular weight excluding hydrogens is 308 g/mol. The van der Waals surface area contributed by atoms with Gasteiger partial charge in [-0.25, -0.2) is 0 Å². The van der Waals surface area contributed by atoms with Crippen LogP contribution in [0.3, 0.4) is 0 Å². The summed E-state index contributed by atoms with van der Waals surface area (Å²) in [6, 6.07) is 6.14. The summed E-state index contributed by atoms with van der Waals surface area (Å²) in [5.74, 6) is 0. The van der Waals surface area contributed by atoms with E-state index in [1.807, 2.05) is 18.3 Å². The van der Waals surface area contributed by atoms with E-state index in [4.69, 9.17) is 5.26 Å². The van der Waals surface area contributed by atoms with Crippen LogP contribution in [0.25, 0.3) is 10.9 Å². The van der Waals surface area contributed by atoms with Crippen LogP contribution in [0.4, 0.5) is 0 Å². The zero-order valence-corrected chi connectivity index (χ0v) is 10.3. The van der Waals surface area contributed by atoms with Gasteiger partial charge in [-0.15, -0.1) is 0 Å². The van der Waals surface area contributed by atoms with Crippen molar-refractivity contribution in [2.24, 2.45) is 0 Å². The number of aromatic amines is 1. The summed E-state index contributed by atoms with van der Waals surface area (Å²) in [6.07, 6.45) is 2.31. The first-order chi connectivity index (χ1) is 6.72. The van der Waals surface area contributed by atoms with Crippen molar-refractivity contribution in [3.8, 4) is 6.07 Å². The lowest BCUT2D eigenvalue weighted by atomic mass is 10.1. The maximum atomic E-state index is 8.65. The molecule has 0 fully saturated rings. The minimum Gasteiger partial charge on any atom is -0.361 e. The third kappa shape index (κ3) is 1.58. The summed E-state index contributed by atoms with van der Waals surface area (Å²) in [6.45, 7) is 0. The van der Waals surface area contributed by atoms with Gasteiger partial charge in [0.05, 0.1) is 12.5 Å².